The third-order valence-corrected chi connectivity index (χ3v) is 2.10. The van der Waals surface area contributed by atoms with Crippen LogP contribution in [0.3, 0.4) is 0 Å². The van der Waals surface area contributed by atoms with Gasteiger partial charge < -0.3 is 16.2 Å². The molecule has 1 aromatic rings. The summed E-state index contributed by atoms with van der Waals surface area (Å²) in [7, 11) is 1.84. The molecule has 15 heavy (non-hydrogen) atoms. The van der Waals surface area contributed by atoms with Crippen LogP contribution in [-0.4, -0.2) is 33.4 Å². The quantitative estimate of drug-likeness (QED) is 0.563. The molecule has 0 aliphatic carbocycles. The van der Waals surface area contributed by atoms with Crippen LogP contribution in [0.4, 0.5) is 0 Å². The predicted molar refractivity (Wildman–Crippen MR) is 54.9 cm³/mol. The van der Waals surface area contributed by atoms with Crippen molar-refractivity contribution in [3.63, 3.8) is 0 Å². The smallest absolute Gasteiger partial charge is 0.247 e. The predicted octanol–water partition coefficient (Wildman–Crippen LogP) is -1.34. The Morgan fingerprint density at radius 2 is 2.47 bits per heavy atom. The normalized spacial score (nSPS) is 12.7. The summed E-state index contributed by atoms with van der Waals surface area (Å²) in [5, 5.41) is 16.2. The number of nitrogens with two attached hydrogens (primary N) is 1. The molecule has 0 bridgehead atoms. The highest BCUT2D eigenvalue weighted by Crippen LogP contribution is 2.03. The van der Waals surface area contributed by atoms with E-state index in [1.54, 1.807) is 4.68 Å². The van der Waals surface area contributed by atoms with Gasteiger partial charge >= 0.3 is 0 Å². The second-order valence-corrected chi connectivity index (χ2v) is 3.46. The number of carbonyl (C=O) groups excluding carboxylic acids is 1. The molecule has 6 heteroatoms. The Labute approximate surface area is 88.1 Å². The maximum absolute atomic E-state index is 10.5. The zero-order chi connectivity index (χ0) is 11.4. The molecule has 1 unspecified atom stereocenters. The van der Waals surface area contributed by atoms with Gasteiger partial charge in [-0.15, -0.1) is 0 Å². The fourth-order valence-corrected chi connectivity index (χ4v) is 1.27. The van der Waals surface area contributed by atoms with Gasteiger partial charge in [0.25, 0.3) is 0 Å². The van der Waals surface area contributed by atoms with Crippen molar-refractivity contribution >= 4 is 5.91 Å². The first-order chi connectivity index (χ1) is 7.00. The number of amides is 1. The van der Waals surface area contributed by atoms with Crippen molar-refractivity contribution in [2.75, 3.05) is 6.54 Å². The molecule has 0 aliphatic rings. The standard InChI is InChI=1S/C9H16N4O2/c1-6-7(5-13(2)12-6)3-11-4-8(14)9(10)15/h5,8,11,14H,3-4H2,1-2H3,(H2,10,15). The van der Waals surface area contributed by atoms with Gasteiger partial charge in [-0.1, -0.05) is 0 Å². The molecule has 0 aromatic carbocycles. The molecular weight excluding hydrogens is 196 g/mol. The van der Waals surface area contributed by atoms with Crippen LogP contribution in [0.1, 0.15) is 11.3 Å². The van der Waals surface area contributed by atoms with Gasteiger partial charge in [-0.3, -0.25) is 9.48 Å². The number of aryl methyl sites for hydroxylation is 2. The van der Waals surface area contributed by atoms with E-state index in [1.165, 1.54) is 0 Å². The first-order valence-electron chi connectivity index (χ1n) is 4.68. The molecule has 84 valence electrons. The van der Waals surface area contributed by atoms with Crippen molar-refractivity contribution in [3.05, 3.63) is 17.5 Å². The summed E-state index contributed by atoms with van der Waals surface area (Å²) in [6.45, 7) is 2.62. The molecule has 6 nitrogen and oxygen atoms in total. The molecule has 0 saturated carbocycles. The van der Waals surface area contributed by atoms with Gasteiger partial charge in [-0.2, -0.15) is 5.10 Å². The molecule has 0 aliphatic heterocycles. The van der Waals surface area contributed by atoms with Crippen molar-refractivity contribution in [2.24, 2.45) is 12.8 Å². The maximum atomic E-state index is 10.5. The number of aliphatic hydroxyl groups is 1. The summed E-state index contributed by atoms with van der Waals surface area (Å²) < 4.78 is 1.72. The van der Waals surface area contributed by atoms with Crippen molar-refractivity contribution in [1.82, 2.24) is 15.1 Å². The number of aromatic nitrogens is 2. The van der Waals surface area contributed by atoms with Gasteiger partial charge in [0.15, 0.2) is 0 Å². The number of nitrogens with one attached hydrogen (secondary N) is 1. The Balaban J connectivity index is 2.38. The van der Waals surface area contributed by atoms with E-state index in [0.29, 0.717) is 6.54 Å². The maximum Gasteiger partial charge on any atom is 0.247 e. The molecule has 1 rings (SSSR count). The van der Waals surface area contributed by atoms with E-state index in [1.807, 2.05) is 20.2 Å². The van der Waals surface area contributed by atoms with Gasteiger partial charge in [0.2, 0.25) is 5.91 Å². The third-order valence-electron chi connectivity index (χ3n) is 2.10. The van der Waals surface area contributed by atoms with E-state index >= 15 is 0 Å². The fourth-order valence-electron chi connectivity index (χ4n) is 1.27. The lowest BCUT2D eigenvalue weighted by molar-refractivity contribution is -0.125. The molecule has 1 aromatic heterocycles. The highest BCUT2D eigenvalue weighted by molar-refractivity contribution is 5.78. The average Bonchev–Trinajstić information content (AvgIpc) is 2.45. The second-order valence-electron chi connectivity index (χ2n) is 3.46. The average molecular weight is 212 g/mol. The molecule has 1 atom stereocenters. The van der Waals surface area contributed by atoms with Crippen molar-refractivity contribution in [2.45, 2.75) is 19.6 Å². The SMILES string of the molecule is Cc1nn(C)cc1CNCC(O)C(N)=O. The zero-order valence-corrected chi connectivity index (χ0v) is 8.90. The minimum Gasteiger partial charge on any atom is -0.382 e. The molecule has 0 saturated heterocycles. The van der Waals surface area contributed by atoms with Crippen LogP contribution < -0.4 is 11.1 Å². The first kappa shape index (κ1) is 11.7. The van der Waals surface area contributed by atoms with Crippen LogP contribution in [-0.2, 0) is 18.4 Å². The number of rotatable bonds is 5. The van der Waals surface area contributed by atoms with E-state index in [-0.39, 0.29) is 6.54 Å². The van der Waals surface area contributed by atoms with Gasteiger partial charge in [0, 0.05) is 31.9 Å². The molecular formula is C9H16N4O2. The van der Waals surface area contributed by atoms with E-state index in [9.17, 15) is 4.79 Å². The summed E-state index contributed by atoms with van der Waals surface area (Å²) in [6.07, 6.45) is 0.751. The second kappa shape index (κ2) is 4.90. The lowest BCUT2D eigenvalue weighted by atomic mass is 10.2. The minimum atomic E-state index is -1.14. The number of carbonyl (C=O) groups is 1. The highest BCUT2D eigenvalue weighted by atomic mass is 16.3. The summed E-state index contributed by atoms with van der Waals surface area (Å²) in [5.74, 6) is -0.717. The Bertz CT molecular complexity index is 348. The molecule has 0 fully saturated rings. The van der Waals surface area contributed by atoms with Crippen molar-refractivity contribution < 1.29 is 9.90 Å². The van der Waals surface area contributed by atoms with Crippen LogP contribution in [0.25, 0.3) is 0 Å². The molecule has 0 radical (unpaired) electrons. The third kappa shape index (κ3) is 3.34. The first-order valence-corrected chi connectivity index (χ1v) is 4.68. The Kier molecular flexibility index (Phi) is 3.81. The number of hydrogen-bond donors (Lipinski definition) is 3. The topological polar surface area (TPSA) is 93.2 Å². The van der Waals surface area contributed by atoms with Crippen LogP contribution in [0, 0.1) is 6.92 Å². The summed E-state index contributed by atoms with van der Waals surface area (Å²) in [5.41, 5.74) is 6.87. The number of hydrogen-bond acceptors (Lipinski definition) is 4. The fraction of sp³-hybridized carbons (Fsp3) is 0.556. The monoisotopic (exact) mass is 212 g/mol. The molecule has 4 N–H and O–H groups in total. The lowest BCUT2D eigenvalue weighted by Crippen LogP contribution is -2.37. The van der Waals surface area contributed by atoms with Crippen LogP contribution in [0.2, 0.25) is 0 Å². The number of nitrogens with zero attached hydrogens (tertiary/aromatic N) is 2. The summed E-state index contributed by atoms with van der Waals surface area (Å²) in [4.78, 5) is 10.5. The van der Waals surface area contributed by atoms with Gasteiger partial charge in [0.05, 0.1) is 5.69 Å². The van der Waals surface area contributed by atoms with Crippen molar-refractivity contribution in [1.29, 1.82) is 0 Å². The zero-order valence-electron chi connectivity index (χ0n) is 8.90. The van der Waals surface area contributed by atoms with Crippen LogP contribution in [0.15, 0.2) is 6.20 Å². The molecule has 1 heterocycles. The van der Waals surface area contributed by atoms with Gasteiger partial charge in [-0.05, 0) is 6.92 Å². The largest absolute Gasteiger partial charge is 0.382 e. The molecule has 0 spiro atoms. The van der Waals surface area contributed by atoms with Gasteiger partial charge in [-0.25, -0.2) is 0 Å². The molecule has 1 amide bonds. The van der Waals surface area contributed by atoms with Crippen LogP contribution in [0.5, 0.6) is 0 Å². The van der Waals surface area contributed by atoms with E-state index in [0.717, 1.165) is 11.3 Å². The summed E-state index contributed by atoms with van der Waals surface area (Å²) in [6, 6.07) is 0. The number of aliphatic hydroxyl groups excluding tert-OH is 1. The highest BCUT2D eigenvalue weighted by Gasteiger charge is 2.10. The Hall–Kier alpha value is -1.40. The van der Waals surface area contributed by atoms with Crippen LogP contribution >= 0.6 is 0 Å². The van der Waals surface area contributed by atoms with Crippen molar-refractivity contribution in [3.8, 4) is 0 Å². The summed E-state index contributed by atoms with van der Waals surface area (Å²) >= 11 is 0. The van der Waals surface area contributed by atoms with E-state index < -0.39 is 12.0 Å². The van der Waals surface area contributed by atoms with E-state index in [2.05, 4.69) is 10.4 Å². The number of primary amides is 1. The Morgan fingerprint density at radius 1 is 1.80 bits per heavy atom. The Morgan fingerprint density at radius 3 is 2.93 bits per heavy atom. The minimum absolute atomic E-state index is 0.156. The van der Waals surface area contributed by atoms with E-state index in [4.69, 9.17) is 10.8 Å². The lowest BCUT2D eigenvalue weighted by Gasteiger charge is -2.07. The van der Waals surface area contributed by atoms with Gasteiger partial charge in [0.1, 0.15) is 6.10 Å².